The molecule has 0 aliphatic heterocycles. The van der Waals surface area contributed by atoms with Gasteiger partial charge >= 0.3 is 0 Å². The molecule has 186 valence electrons. The van der Waals surface area contributed by atoms with E-state index in [-0.39, 0.29) is 5.56 Å². The Kier molecular flexibility index (Phi) is 8.67. The molecule has 9 heteroatoms. The first-order valence-corrected chi connectivity index (χ1v) is 12.9. The minimum absolute atomic E-state index is 0.211. The van der Waals surface area contributed by atoms with E-state index < -0.39 is 0 Å². The smallest absolute Gasteiger partial charge is 0.282 e. The summed E-state index contributed by atoms with van der Waals surface area (Å²) < 4.78 is 13.6. The van der Waals surface area contributed by atoms with Gasteiger partial charge in [0.25, 0.3) is 5.56 Å². The summed E-state index contributed by atoms with van der Waals surface area (Å²) in [5, 5.41) is 5.97. The van der Waals surface area contributed by atoms with E-state index in [4.69, 9.17) is 37.7 Å². The van der Waals surface area contributed by atoms with Gasteiger partial charge in [-0.05, 0) is 66.1 Å². The van der Waals surface area contributed by atoms with Crippen molar-refractivity contribution < 1.29 is 9.47 Å². The number of hydrogen-bond acceptors (Lipinski definition) is 5. The summed E-state index contributed by atoms with van der Waals surface area (Å²) in [4.78, 5) is 18.0. The molecule has 0 aliphatic rings. The zero-order chi connectivity index (χ0) is 25.7. The molecule has 1 aromatic heterocycles. The third kappa shape index (κ3) is 6.09. The molecule has 0 bridgehead atoms. The van der Waals surface area contributed by atoms with Crippen molar-refractivity contribution in [3.8, 4) is 11.5 Å². The molecule has 0 fully saturated rings. The Hall–Kier alpha value is -2.87. The number of nitrogens with zero attached hydrogens (tertiary/aromatic N) is 3. The summed E-state index contributed by atoms with van der Waals surface area (Å²) in [5.41, 5.74) is 2.08. The van der Waals surface area contributed by atoms with E-state index in [9.17, 15) is 4.79 Å². The second-order valence-electron chi connectivity index (χ2n) is 8.10. The van der Waals surface area contributed by atoms with Crippen LogP contribution in [0.2, 0.25) is 10.0 Å². The fraction of sp³-hybridized carbons (Fsp3) is 0.222. The van der Waals surface area contributed by atoms with Crippen LogP contribution in [0, 0.1) is 0 Å². The Morgan fingerprint density at radius 3 is 2.64 bits per heavy atom. The van der Waals surface area contributed by atoms with Gasteiger partial charge in [-0.3, -0.25) is 4.79 Å². The van der Waals surface area contributed by atoms with E-state index in [1.807, 2.05) is 24.3 Å². The van der Waals surface area contributed by atoms with Crippen molar-refractivity contribution in [3.05, 3.63) is 96.4 Å². The molecule has 0 spiro atoms. The SMILES string of the molecule is CCCCc1nc2ccc(Br)cc2c(=O)n1N=Cc1ccc(OCc2ccc(Cl)c(Cl)c2)c(OC)c1. The highest BCUT2D eigenvalue weighted by atomic mass is 79.9. The maximum Gasteiger partial charge on any atom is 0.282 e. The van der Waals surface area contributed by atoms with Crippen molar-refractivity contribution >= 4 is 56.2 Å². The van der Waals surface area contributed by atoms with Gasteiger partial charge in [0.05, 0.1) is 34.3 Å². The van der Waals surface area contributed by atoms with Crippen molar-refractivity contribution in [1.29, 1.82) is 0 Å². The van der Waals surface area contributed by atoms with Crippen LogP contribution >= 0.6 is 39.1 Å². The normalized spacial score (nSPS) is 11.4. The average molecular weight is 589 g/mol. The van der Waals surface area contributed by atoms with Crippen LogP contribution < -0.4 is 15.0 Å². The van der Waals surface area contributed by atoms with E-state index in [0.29, 0.717) is 51.3 Å². The predicted octanol–water partition coefficient (Wildman–Crippen LogP) is 7.28. The van der Waals surface area contributed by atoms with Gasteiger partial charge in [0.1, 0.15) is 12.4 Å². The molecular formula is C27H24BrCl2N3O3. The molecule has 36 heavy (non-hydrogen) atoms. The molecule has 0 aliphatic carbocycles. The molecule has 6 nitrogen and oxygen atoms in total. The Labute approximate surface area is 227 Å². The minimum atomic E-state index is -0.211. The second kappa shape index (κ2) is 11.9. The van der Waals surface area contributed by atoms with Crippen LogP contribution in [0.3, 0.4) is 0 Å². The van der Waals surface area contributed by atoms with E-state index in [0.717, 1.165) is 28.4 Å². The zero-order valence-corrected chi connectivity index (χ0v) is 22.9. The highest BCUT2D eigenvalue weighted by molar-refractivity contribution is 9.10. The number of methoxy groups -OCH3 is 1. The number of aryl methyl sites for hydroxylation is 1. The molecule has 0 N–H and O–H groups in total. The lowest BCUT2D eigenvalue weighted by atomic mass is 10.2. The lowest BCUT2D eigenvalue weighted by molar-refractivity contribution is 0.284. The van der Waals surface area contributed by atoms with E-state index >= 15 is 0 Å². The molecule has 1 heterocycles. The van der Waals surface area contributed by atoms with Crippen LogP contribution in [-0.4, -0.2) is 23.0 Å². The third-order valence-electron chi connectivity index (χ3n) is 5.52. The van der Waals surface area contributed by atoms with Crippen LogP contribution in [0.5, 0.6) is 11.5 Å². The number of rotatable bonds is 9. The Bertz CT molecular complexity index is 1490. The number of aromatic nitrogens is 2. The molecule has 0 atom stereocenters. The highest BCUT2D eigenvalue weighted by Gasteiger charge is 2.12. The Morgan fingerprint density at radius 2 is 1.89 bits per heavy atom. The summed E-state index contributed by atoms with van der Waals surface area (Å²) in [7, 11) is 1.57. The molecule has 4 aromatic rings. The predicted molar refractivity (Wildman–Crippen MR) is 149 cm³/mol. The van der Waals surface area contributed by atoms with E-state index in [1.54, 1.807) is 43.7 Å². The quantitative estimate of drug-likeness (QED) is 0.193. The summed E-state index contributed by atoms with van der Waals surface area (Å²) in [6.45, 7) is 2.40. The fourth-order valence-corrected chi connectivity index (χ4v) is 4.29. The number of fused-ring (bicyclic) bond motifs is 1. The fourth-order valence-electron chi connectivity index (χ4n) is 3.61. The summed E-state index contributed by atoms with van der Waals surface area (Å²) >= 11 is 15.5. The van der Waals surface area contributed by atoms with Gasteiger partial charge < -0.3 is 9.47 Å². The highest BCUT2D eigenvalue weighted by Crippen LogP contribution is 2.29. The molecule has 0 saturated carbocycles. The molecule has 4 rings (SSSR count). The van der Waals surface area contributed by atoms with Crippen molar-refractivity contribution in [1.82, 2.24) is 9.66 Å². The number of hydrogen-bond donors (Lipinski definition) is 0. The third-order valence-corrected chi connectivity index (χ3v) is 6.75. The second-order valence-corrected chi connectivity index (χ2v) is 9.83. The Morgan fingerprint density at radius 1 is 1.06 bits per heavy atom. The standard InChI is InChI=1S/C27H24BrCl2N3O3/c1-3-4-5-26-32-23-10-8-19(28)14-20(23)27(34)33(26)31-15-17-7-11-24(25(13-17)35-2)36-16-18-6-9-21(29)22(30)12-18/h6-15H,3-5,16H2,1-2H3. The van der Waals surface area contributed by atoms with Gasteiger partial charge in [0.15, 0.2) is 11.5 Å². The largest absolute Gasteiger partial charge is 0.493 e. The van der Waals surface area contributed by atoms with Crippen molar-refractivity contribution in [2.45, 2.75) is 32.8 Å². The van der Waals surface area contributed by atoms with Crippen molar-refractivity contribution in [2.24, 2.45) is 5.10 Å². The lowest BCUT2D eigenvalue weighted by Gasteiger charge is -2.12. The van der Waals surface area contributed by atoms with Crippen LogP contribution in [0.25, 0.3) is 10.9 Å². The molecular weight excluding hydrogens is 565 g/mol. The van der Waals surface area contributed by atoms with Gasteiger partial charge in [-0.15, -0.1) is 0 Å². The van der Waals surface area contributed by atoms with E-state index in [1.165, 1.54) is 4.68 Å². The molecule has 3 aromatic carbocycles. The number of benzene rings is 3. The maximum atomic E-state index is 13.3. The van der Waals surface area contributed by atoms with Gasteiger partial charge in [-0.2, -0.15) is 9.78 Å². The summed E-state index contributed by atoms with van der Waals surface area (Å²) in [5.74, 6) is 1.73. The van der Waals surface area contributed by atoms with Crippen LogP contribution in [-0.2, 0) is 13.0 Å². The first-order valence-electron chi connectivity index (χ1n) is 11.4. The topological polar surface area (TPSA) is 65.7 Å². The number of halogens is 3. The number of unbranched alkanes of at least 4 members (excludes halogenated alkanes) is 1. The van der Waals surface area contributed by atoms with E-state index in [2.05, 4.69) is 28.0 Å². The Balaban J connectivity index is 1.61. The summed E-state index contributed by atoms with van der Waals surface area (Å²) in [6.07, 6.45) is 4.16. The van der Waals surface area contributed by atoms with Gasteiger partial charge in [-0.1, -0.05) is 58.5 Å². The van der Waals surface area contributed by atoms with Crippen LogP contribution in [0.1, 0.15) is 36.7 Å². The monoisotopic (exact) mass is 587 g/mol. The van der Waals surface area contributed by atoms with Crippen molar-refractivity contribution in [2.75, 3.05) is 7.11 Å². The number of ether oxygens (including phenoxy) is 2. The lowest BCUT2D eigenvalue weighted by Crippen LogP contribution is -2.22. The molecule has 0 unspecified atom stereocenters. The molecule has 0 radical (unpaired) electrons. The first-order chi connectivity index (χ1) is 17.4. The van der Waals surface area contributed by atoms with Crippen LogP contribution in [0.15, 0.2) is 69.0 Å². The minimum Gasteiger partial charge on any atom is -0.493 e. The van der Waals surface area contributed by atoms with Crippen molar-refractivity contribution in [3.63, 3.8) is 0 Å². The summed E-state index contributed by atoms with van der Waals surface area (Å²) in [6, 6.07) is 16.3. The first kappa shape index (κ1) is 26.2. The van der Waals surface area contributed by atoms with Gasteiger partial charge in [-0.25, -0.2) is 4.98 Å². The maximum absolute atomic E-state index is 13.3. The van der Waals surface area contributed by atoms with Gasteiger partial charge in [0, 0.05) is 10.9 Å². The van der Waals surface area contributed by atoms with Gasteiger partial charge in [0.2, 0.25) is 0 Å². The molecule has 0 amide bonds. The zero-order valence-electron chi connectivity index (χ0n) is 19.8. The average Bonchev–Trinajstić information content (AvgIpc) is 2.88. The van der Waals surface area contributed by atoms with Crippen LogP contribution in [0.4, 0.5) is 0 Å². The molecule has 0 saturated heterocycles.